The molecule has 116 valence electrons. The predicted octanol–water partition coefficient (Wildman–Crippen LogP) is 2.53. The second-order valence-corrected chi connectivity index (χ2v) is 4.68. The number of non-ortho nitro benzene ring substituents is 1. The lowest BCUT2D eigenvalue weighted by Crippen LogP contribution is -2.21. The van der Waals surface area contributed by atoms with Crippen LogP contribution < -0.4 is 10.1 Å². The van der Waals surface area contributed by atoms with E-state index < -0.39 is 10.8 Å². The number of hydrogen-bond donors (Lipinski definition) is 1. The van der Waals surface area contributed by atoms with Crippen molar-refractivity contribution in [1.29, 1.82) is 5.26 Å². The molecule has 0 saturated heterocycles. The molecule has 0 saturated carbocycles. The summed E-state index contributed by atoms with van der Waals surface area (Å²) in [6.45, 7) is -0.378. The molecule has 1 aromatic carbocycles. The zero-order chi connectivity index (χ0) is 16.8. The average molecular weight is 333 g/mol. The fourth-order valence-electron chi connectivity index (χ4n) is 1.62. The summed E-state index contributed by atoms with van der Waals surface area (Å²) in [7, 11) is 0. The monoisotopic (exact) mass is 332 g/mol. The molecule has 1 heterocycles. The number of ether oxygens (including phenoxy) is 1. The van der Waals surface area contributed by atoms with Crippen molar-refractivity contribution in [1.82, 2.24) is 4.98 Å². The Bertz CT molecular complexity index is 786. The summed E-state index contributed by atoms with van der Waals surface area (Å²) in [4.78, 5) is 25.7. The lowest BCUT2D eigenvalue weighted by atomic mass is 10.2. The van der Waals surface area contributed by atoms with Crippen LogP contribution in [0.15, 0.2) is 36.5 Å². The van der Waals surface area contributed by atoms with Crippen molar-refractivity contribution in [2.24, 2.45) is 0 Å². The van der Waals surface area contributed by atoms with Crippen LogP contribution in [0.5, 0.6) is 5.75 Å². The highest BCUT2D eigenvalue weighted by Gasteiger charge is 2.13. The molecule has 0 aliphatic carbocycles. The van der Waals surface area contributed by atoms with Crippen LogP contribution in [-0.4, -0.2) is 22.4 Å². The van der Waals surface area contributed by atoms with Crippen LogP contribution in [0.4, 0.5) is 11.5 Å². The number of benzene rings is 1. The summed E-state index contributed by atoms with van der Waals surface area (Å²) in [6, 6.07) is 8.40. The summed E-state index contributed by atoms with van der Waals surface area (Å²) in [6.07, 6.45) is 1.38. The van der Waals surface area contributed by atoms with Crippen molar-refractivity contribution in [3.63, 3.8) is 0 Å². The minimum absolute atomic E-state index is 0.0309. The van der Waals surface area contributed by atoms with E-state index in [0.717, 1.165) is 6.07 Å². The number of aromatic nitrogens is 1. The number of hydrogen-bond acceptors (Lipinski definition) is 6. The van der Waals surface area contributed by atoms with E-state index in [9.17, 15) is 14.9 Å². The molecular weight excluding hydrogens is 324 g/mol. The topological polar surface area (TPSA) is 118 Å². The molecular formula is C14H9ClN4O4. The number of nitro groups is 1. The van der Waals surface area contributed by atoms with Gasteiger partial charge in [-0.3, -0.25) is 14.9 Å². The van der Waals surface area contributed by atoms with Gasteiger partial charge < -0.3 is 10.1 Å². The quantitative estimate of drug-likeness (QED) is 0.663. The van der Waals surface area contributed by atoms with Gasteiger partial charge in [0.2, 0.25) is 0 Å². The third-order valence-corrected chi connectivity index (χ3v) is 2.87. The third kappa shape index (κ3) is 4.39. The highest BCUT2D eigenvalue weighted by molar-refractivity contribution is 6.30. The molecule has 0 atom stereocenters. The highest BCUT2D eigenvalue weighted by atomic mass is 35.5. The van der Waals surface area contributed by atoms with Crippen molar-refractivity contribution < 1.29 is 14.5 Å². The first-order chi connectivity index (χ1) is 11.0. The first-order valence-corrected chi connectivity index (χ1v) is 6.60. The van der Waals surface area contributed by atoms with E-state index in [1.165, 1.54) is 24.4 Å². The summed E-state index contributed by atoms with van der Waals surface area (Å²) < 4.78 is 5.21. The molecule has 0 radical (unpaired) electrons. The van der Waals surface area contributed by atoms with Crippen LogP contribution in [0.25, 0.3) is 0 Å². The maximum Gasteiger partial charge on any atom is 0.271 e. The molecule has 1 amide bonds. The number of nitrogens with zero attached hydrogens (tertiary/aromatic N) is 3. The number of anilines is 1. The van der Waals surface area contributed by atoms with Gasteiger partial charge in [0.1, 0.15) is 23.2 Å². The predicted molar refractivity (Wildman–Crippen MR) is 81.2 cm³/mol. The SMILES string of the molecule is N#Cc1cc([N+](=O)[O-])ccc1OCC(=O)Nc1ccc(Cl)cn1. The lowest BCUT2D eigenvalue weighted by Gasteiger charge is -2.08. The maximum atomic E-state index is 11.7. The Morgan fingerprint density at radius 3 is 2.83 bits per heavy atom. The second-order valence-electron chi connectivity index (χ2n) is 4.25. The van der Waals surface area contributed by atoms with Gasteiger partial charge in [0.15, 0.2) is 6.61 Å². The van der Waals surface area contributed by atoms with Crippen LogP contribution in [0.2, 0.25) is 5.02 Å². The number of pyridine rings is 1. The zero-order valence-electron chi connectivity index (χ0n) is 11.5. The van der Waals surface area contributed by atoms with Gasteiger partial charge in [0.25, 0.3) is 11.6 Å². The number of rotatable bonds is 5. The first kappa shape index (κ1) is 16.2. The molecule has 1 aromatic heterocycles. The van der Waals surface area contributed by atoms with Crippen molar-refractivity contribution in [3.05, 3.63) is 57.2 Å². The lowest BCUT2D eigenvalue weighted by molar-refractivity contribution is -0.384. The normalized spacial score (nSPS) is 9.74. The van der Waals surface area contributed by atoms with Gasteiger partial charge in [-0.25, -0.2) is 4.98 Å². The van der Waals surface area contributed by atoms with Gasteiger partial charge >= 0.3 is 0 Å². The third-order valence-electron chi connectivity index (χ3n) is 2.65. The number of halogens is 1. The van der Waals surface area contributed by atoms with Gasteiger partial charge in [-0.15, -0.1) is 0 Å². The number of amides is 1. The van der Waals surface area contributed by atoms with Crippen molar-refractivity contribution >= 4 is 29.0 Å². The first-order valence-electron chi connectivity index (χ1n) is 6.22. The van der Waals surface area contributed by atoms with E-state index in [1.54, 1.807) is 12.1 Å². The van der Waals surface area contributed by atoms with E-state index in [4.69, 9.17) is 21.6 Å². The zero-order valence-corrected chi connectivity index (χ0v) is 12.3. The largest absolute Gasteiger partial charge is 0.482 e. The molecule has 0 spiro atoms. The molecule has 9 heteroatoms. The molecule has 2 rings (SSSR count). The Hall–Kier alpha value is -3.18. The molecule has 0 aliphatic heterocycles. The number of nitrogens with one attached hydrogen (secondary N) is 1. The molecule has 1 N–H and O–H groups in total. The molecule has 0 bridgehead atoms. The number of carbonyl (C=O) groups excluding carboxylic acids is 1. The summed E-state index contributed by atoms with van der Waals surface area (Å²) >= 11 is 5.68. The Morgan fingerprint density at radius 2 is 2.22 bits per heavy atom. The molecule has 0 unspecified atom stereocenters. The minimum Gasteiger partial charge on any atom is -0.482 e. The number of nitriles is 1. The Labute approximate surface area is 135 Å². The number of carbonyl (C=O) groups is 1. The van der Waals surface area contributed by atoms with Crippen molar-refractivity contribution in [2.45, 2.75) is 0 Å². The van der Waals surface area contributed by atoms with Gasteiger partial charge in [0.05, 0.1) is 9.95 Å². The Kier molecular flexibility index (Phi) is 5.07. The fraction of sp³-hybridized carbons (Fsp3) is 0.0714. The van der Waals surface area contributed by atoms with Gasteiger partial charge in [-0.1, -0.05) is 11.6 Å². The van der Waals surface area contributed by atoms with E-state index >= 15 is 0 Å². The Balaban J connectivity index is 2.00. The molecule has 8 nitrogen and oxygen atoms in total. The second kappa shape index (κ2) is 7.20. The molecule has 2 aromatic rings. The minimum atomic E-state index is -0.621. The van der Waals surface area contributed by atoms with Gasteiger partial charge in [-0.2, -0.15) is 5.26 Å². The summed E-state index contributed by atoms with van der Waals surface area (Å²) in [5.74, 6) is -0.119. The summed E-state index contributed by atoms with van der Waals surface area (Å²) in [5, 5.41) is 22.5. The highest BCUT2D eigenvalue weighted by Crippen LogP contribution is 2.23. The Morgan fingerprint density at radius 1 is 1.43 bits per heavy atom. The number of nitro benzene ring substituents is 1. The van der Waals surface area contributed by atoms with Crippen LogP contribution in [0.1, 0.15) is 5.56 Å². The maximum absolute atomic E-state index is 11.7. The molecule has 0 fully saturated rings. The van der Waals surface area contributed by atoms with E-state index in [0.29, 0.717) is 10.8 Å². The smallest absolute Gasteiger partial charge is 0.271 e. The van der Waals surface area contributed by atoms with Crippen LogP contribution in [0.3, 0.4) is 0 Å². The van der Waals surface area contributed by atoms with Gasteiger partial charge in [-0.05, 0) is 18.2 Å². The van der Waals surface area contributed by atoms with Gasteiger partial charge in [0, 0.05) is 18.3 Å². The molecule has 23 heavy (non-hydrogen) atoms. The van der Waals surface area contributed by atoms with Crippen LogP contribution in [-0.2, 0) is 4.79 Å². The van der Waals surface area contributed by atoms with E-state index in [1.807, 2.05) is 0 Å². The van der Waals surface area contributed by atoms with E-state index in [-0.39, 0.29) is 23.6 Å². The van der Waals surface area contributed by atoms with Crippen LogP contribution in [0, 0.1) is 21.4 Å². The average Bonchev–Trinajstić information content (AvgIpc) is 2.54. The van der Waals surface area contributed by atoms with Crippen molar-refractivity contribution in [3.8, 4) is 11.8 Å². The summed E-state index contributed by atoms with van der Waals surface area (Å²) in [5.41, 5.74) is -0.264. The fourth-order valence-corrected chi connectivity index (χ4v) is 1.73. The molecule has 0 aliphatic rings. The van der Waals surface area contributed by atoms with Crippen molar-refractivity contribution in [2.75, 3.05) is 11.9 Å². The van der Waals surface area contributed by atoms with Crippen LogP contribution >= 0.6 is 11.6 Å². The van der Waals surface area contributed by atoms with E-state index in [2.05, 4.69) is 10.3 Å². The standard InChI is InChI=1S/C14H9ClN4O4/c15-10-1-4-13(17-7-10)18-14(20)8-23-12-3-2-11(19(21)22)5-9(12)6-16/h1-5,7H,8H2,(H,17,18,20).